The van der Waals surface area contributed by atoms with Gasteiger partial charge in [-0.05, 0) is 43.6 Å². The lowest BCUT2D eigenvalue weighted by Crippen LogP contribution is -1.91. The molecule has 0 aromatic heterocycles. The van der Waals surface area contributed by atoms with E-state index in [1.54, 1.807) is 12.1 Å². The number of azide groups is 1. The minimum Gasteiger partial charge on any atom is -0.295 e. The second kappa shape index (κ2) is 6.28. The fraction of sp³-hybridized carbons (Fsp3) is 0.133. The third-order valence-corrected chi connectivity index (χ3v) is 3.84. The Bertz CT molecular complexity index is 689. The molecule has 5 heteroatoms. The molecule has 0 amide bonds. The maximum absolute atomic E-state index is 11.4. The van der Waals surface area contributed by atoms with Gasteiger partial charge in [0.25, 0.3) is 0 Å². The van der Waals surface area contributed by atoms with Crippen LogP contribution in [0.15, 0.2) is 57.4 Å². The molecule has 0 heterocycles. The molecule has 0 atom stereocenters. The Hall–Kier alpha value is -2.23. The van der Waals surface area contributed by atoms with Crippen LogP contribution in [0.2, 0.25) is 0 Å². The molecule has 100 valence electrons. The summed E-state index contributed by atoms with van der Waals surface area (Å²) in [6, 6.07) is 13.3. The van der Waals surface area contributed by atoms with Crippen molar-refractivity contribution in [3.63, 3.8) is 0 Å². The van der Waals surface area contributed by atoms with Gasteiger partial charge in [0.05, 0.1) is 5.69 Å². The molecule has 4 nitrogen and oxygen atoms in total. The van der Waals surface area contributed by atoms with Crippen LogP contribution in [0.1, 0.15) is 22.8 Å². The zero-order chi connectivity index (χ0) is 14.5. The van der Waals surface area contributed by atoms with Gasteiger partial charge in [-0.2, -0.15) is 0 Å². The largest absolute Gasteiger partial charge is 0.295 e. The summed E-state index contributed by atoms with van der Waals surface area (Å²) in [6.45, 7) is 3.52. The zero-order valence-electron chi connectivity index (χ0n) is 11.2. The molecule has 2 aromatic rings. The lowest BCUT2D eigenvalue weighted by Gasteiger charge is -2.07. The average molecular weight is 283 g/mol. The van der Waals surface area contributed by atoms with Gasteiger partial charge in [-0.1, -0.05) is 40.6 Å². The van der Waals surface area contributed by atoms with Crippen LogP contribution in [0.5, 0.6) is 0 Å². The summed E-state index contributed by atoms with van der Waals surface area (Å²) in [4.78, 5) is 16.1. The van der Waals surface area contributed by atoms with E-state index in [9.17, 15) is 4.79 Å². The third-order valence-electron chi connectivity index (χ3n) is 2.77. The van der Waals surface area contributed by atoms with E-state index in [0.717, 1.165) is 9.79 Å². The Morgan fingerprint density at radius 3 is 2.50 bits per heavy atom. The van der Waals surface area contributed by atoms with Crippen LogP contribution in [-0.4, -0.2) is 5.78 Å². The van der Waals surface area contributed by atoms with Crippen LogP contribution in [0.4, 0.5) is 5.69 Å². The molecular formula is C15H13N3OS. The van der Waals surface area contributed by atoms with E-state index in [-0.39, 0.29) is 5.78 Å². The van der Waals surface area contributed by atoms with Gasteiger partial charge in [0.15, 0.2) is 5.78 Å². The number of ketones is 1. The van der Waals surface area contributed by atoms with Crippen molar-refractivity contribution >= 4 is 23.2 Å². The Kier molecular flexibility index (Phi) is 4.45. The summed E-state index contributed by atoms with van der Waals surface area (Å²) in [5.41, 5.74) is 10.9. The summed E-state index contributed by atoms with van der Waals surface area (Å²) in [5.74, 6) is -0.0497. The number of rotatable bonds is 4. The summed E-state index contributed by atoms with van der Waals surface area (Å²) >= 11 is 1.51. The fourth-order valence-corrected chi connectivity index (χ4v) is 2.55. The molecule has 0 spiro atoms. The predicted molar refractivity (Wildman–Crippen MR) is 80.6 cm³/mol. The monoisotopic (exact) mass is 283 g/mol. The maximum atomic E-state index is 11.4. The fourth-order valence-electron chi connectivity index (χ4n) is 1.68. The topological polar surface area (TPSA) is 65.8 Å². The highest BCUT2D eigenvalue weighted by molar-refractivity contribution is 7.99. The number of Topliss-reactive ketones (excluding diaryl/α,β-unsaturated/α-hetero) is 1. The van der Waals surface area contributed by atoms with E-state index in [1.807, 2.05) is 37.3 Å². The van der Waals surface area contributed by atoms with Crippen LogP contribution in [0.3, 0.4) is 0 Å². The smallest absolute Gasteiger partial charge is 0.159 e. The summed E-state index contributed by atoms with van der Waals surface area (Å²) in [7, 11) is 0. The van der Waals surface area contributed by atoms with E-state index in [1.165, 1.54) is 24.2 Å². The van der Waals surface area contributed by atoms with Crippen molar-refractivity contribution in [2.75, 3.05) is 0 Å². The highest BCUT2D eigenvalue weighted by atomic mass is 32.2. The summed E-state index contributed by atoms with van der Waals surface area (Å²) in [5, 5.41) is 3.67. The highest BCUT2D eigenvalue weighted by Crippen LogP contribution is 2.36. The van der Waals surface area contributed by atoms with E-state index in [4.69, 9.17) is 5.53 Å². The Morgan fingerprint density at radius 1 is 1.20 bits per heavy atom. The van der Waals surface area contributed by atoms with Crippen molar-refractivity contribution in [1.82, 2.24) is 0 Å². The van der Waals surface area contributed by atoms with Crippen molar-refractivity contribution in [3.8, 4) is 0 Å². The maximum Gasteiger partial charge on any atom is 0.159 e. The number of carbonyl (C=O) groups is 1. The standard InChI is InChI=1S/C15H13N3OS/c1-10-3-6-13(7-4-10)20-15-8-5-12(11(2)19)9-14(15)17-18-16/h3-9H,1-2H3. The predicted octanol–water partition coefficient (Wildman–Crippen LogP) is 5.29. The number of benzene rings is 2. The Balaban J connectivity index is 2.37. The van der Waals surface area contributed by atoms with Crippen molar-refractivity contribution in [1.29, 1.82) is 0 Å². The van der Waals surface area contributed by atoms with Gasteiger partial charge in [-0.3, -0.25) is 4.79 Å². The molecule has 20 heavy (non-hydrogen) atoms. The summed E-state index contributed by atoms with van der Waals surface area (Å²) < 4.78 is 0. The zero-order valence-corrected chi connectivity index (χ0v) is 12.0. The molecule has 0 fully saturated rings. The minimum atomic E-state index is -0.0497. The van der Waals surface area contributed by atoms with Crippen LogP contribution in [-0.2, 0) is 0 Å². The molecule has 2 rings (SSSR count). The number of hydrogen-bond donors (Lipinski definition) is 0. The SMILES string of the molecule is CC(=O)c1ccc(Sc2ccc(C)cc2)c(N=[N+]=[N-])c1. The van der Waals surface area contributed by atoms with Gasteiger partial charge in [0, 0.05) is 20.3 Å². The molecule has 0 unspecified atom stereocenters. The van der Waals surface area contributed by atoms with Gasteiger partial charge in [-0.25, -0.2) is 0 Å². The first kappa shape index (κ1) is 14.2. The van der Waals surface area contributed by atoms with E-state index < -0.39 is 0 Å². The average Bonchev–Trinajstić information content (AvgIpc) is 2.43. The molecule has 0 aliphatic rings. The molecule has 0 saturated heterocycles. The molecule has 2 aromatic carbocycles. The first-order valence-corrected chi connectivity index (χ1v) is 6.86. The lowest BCUT2D eigenvalue weighted by atomic mass is 10.1. The Morgan fingerprint density at radius 2 is 1.90 bits per heavy atom. The molecule has 0 bridgehead atoms. The minimum absolute atomic E-state index is 0.0497. The number of aryl methyl sites for hydroxylation is 1. The Labute approximate surface area is 121 Å². The van der Waals surface area contributed by atoms with Gasteiger partial charge in [-0.15, -0.1) is 0 Å². The first-order valence-electron chi connectivity index (χ1n) is 6.05. The summed E-state index contributed by atoms with van der Waals surface area (Å²) in [6.07, 6.45) is 0. The third kappa shape index (κ3) is 3.41. The number of hydrogen-bond acceptors (Lipinski definition) is 3. The van der Waals surface area contributed by atoms with Crippen molar-refractivity contribution in [2.24, 2.45) is 5.11 Å². The number of carbonyl (C=O) groups excluding carboxylic acids is 1. The second-order valence-corrected chi connectivity index (χ2v) is 5.46. The first-order chi connectivity index (χ1) is 9.60. The number of nitrogens with zero attached hydrogens (tertiary/aromatic N) is 3. The van der Waals surface area contributed by atoms with E-state index in [2.05, 4.69) is 10.0 Å². The second-order valence-electron chi connectivity index (χ2n) is 4.34. The van der Waals surface area contributed by atoms with Gasteiger partial charge >= 0.3 is 0 Å². The molecule has 0 saturated carbocycles. The van der Waals surface area contributed by atoms with Gasteiger partial charge in [0.1, 0.15) is 0 Å². The lowest BCUT2D eigenvalue weighted by molar-refractivity contribution is 0.101. The van der Waals surface area contributed by atoms with Gasteiger partial charge < -0.3 is 0 Å². The van der Waals surface area contributed by atoms with E-state index >= 15 is 0 Å². The van der Waals surface area contributed by atoms with Crippen LogP contribution in [0.25, 0.3) is 10.4 Å². The van der Waals surface area contributed by atoms with Crippen molar-refractivity contribution < 1.29 is 4.79 Å². The molecular weight excluding hydrogens is 270 g/mol. The van der Waals surface area contributed by atoms with Crippen LogP contribution >= 0.6 is 11.8 Å². The van der Waals surface area contributed by atoms with Crippen LogP contribution < -0.4 is 0 Å². The quantitative estimate of drug-likeness (QED) is 0.331. The molecule has 0 aliphatic carbocycles. The van der Waals surface area contributed by atoms with Crippen molar-refractivity contribution in [3.05, 3.63) is 64.0 Å². The normalized spacial score (nSPS) is 9.90. The van der Waals surface area contributed by atoms with Gasteiger partial charge in [0.2, 0.25) is 0 Å². The van der Waals surface area contributed by atoms with E-state index in [0.29, 0.717) is 11.3 Å². The molecule has 0 radical (unpaired) electrons. The van der Waals surface area contributed by atoms with Crippen molar-refractivity contribution in [2.45, 2.75) is 23.6 Å². The molecule has 0 N–H and O–H groups in total. The van der Waals surface area contributed by atoms with Crippen LogP contribution in [0, 0.1) is 6.92 Å². The molecule has 0 aliphatic heterocycles. The highest BCUT2D eigenvalue weighted by Gasteiger charge is 2.07.